The standard InChI is InChI=1S/C14H29N3/c1-14(2,3)9-5-6-10-16-13(15)17-11-7-4-8-12-17/h4-12H2,1-3H3,(H2,15,16). The Hall–Kier alpha value is -0.730. The van der Waals surface area contributed by atoms with E-state index >= 15 is 0 Å². The van der Waals surface area contributed by atoms with Crippen molar-refractivity contribution in [1.82, 2.24) is 4.90 Å². The predicted octanol–water partition coefficient (Wildman–Crippen LogP) is 3.00. The molecule has 0 bridgehead atoms. The second-order valence-corrected chi connectivity index (χ2v) is 6.31. The lowest BCUT2D eigenvalue weighted by molar-refractivity contribution is 0.337. The predicted molar refractivity (Wildman–Crippen MR) is 75.2 cm³/mol. The first-order chi connectivity index (χ1) is 7.99. The van der Waals surface area contributed by atoms with Crippen LogP contribution in [0.2, 0.25) is 0 Å². The highest BCUT2D eigenvalue weighted by molar-refractivity contribution is 5.78. The first-order valence-corrected chi connectivity index (χ1v) is 7.04. The molecule has 0 aromatic carbocycles. The van der Waals surface area contributed by atoms with Crippen LogP contribution in [0.1, 0.15) is 59.3 Å². The van der Waals surface area contributed by atoms with Crippen LogP contribution in [0.4, 0.5) is 0 Å². The van der Waals surface area contributed by atoms with Gasteiger partial charge in [-0.1, -0.05) is 27.2 Å². The van der Waals surface area contributed by atoms with Crippen molar-refractivity contribution in [2.45, 2.75) is 59.3 Å². The van der Waals surface area contributed by atoms with Crippen LogP contribution >= 0.6 is 0 Å². The molecule has 0 amide bonds. The molecule has 1 aliphatic heterocycles. The molecule has 1 fully saturated rings. The fraction of sp³-hybridized carbons (Fsp3) is 0.929. The molecular formula is C14H29N3. The summed E-state index contributed by atoms with van der Waals surface area (Å²) in [5.41, 5.74) is 6.44. The maximum atomic E-state index is 5.99. The second kappa shape index (κ2) is 6.87. The summed E-state index contributed by atoms with van der Waals surface area (Å²) in [6.07, 6.45) is 7.55. The van der Waals surface area contributed by atoms with Gasteiger partial charge in [0.25, 0.3) is 0 Å². The van der Waals surface area contributed by atoms with Gasteiger partial charge in [-0.2, -0.15) is 0 Å². The molecule has 0 spiro atoms. The van der Waals surface area contributed by atoms with Crippen molar-refractivity contribution in [3.8, 4) is 0 Å². The largest absolute Gasteiger partial charge is 0.370 e. The molecular weight excluding hydrogens is 210 g/mol. The zero-order valence-electron chi connectivity index (χ0n) is 11.8. The average Bonchev–Trinajstić information content (AvgIpc) is 2.28. The Morgan fingerprint density at radius 3 is 2.35 bits per heavy atom. The van der Waals surface area contributed by atoms with E-state index in [2.05, 4.69) is 30.7 Å². The minimum atomic E-state index is 0.447. The number of piperidine rings is 1. The smallest absolute Gasteiger partial charge is 0.191 e. The molecule has 0 aliphatic carbocycles. The number of nitrogens with zero attached hydrogens (tertiary/aromatic N) is 2. The Morgan fingerprint density at radius 1 is 1.12 bits per heavy atom. The molecule has 17 heavy (non-hydrogen) atoms. The summed E-state index contributed by atoms with van der Waals surface area (Å²) in [5.74, 6) is 0.764. The molecule has 1 heterocycles. The fourth-order valence-corrected chi connectivity index (χ4v) is 2.18. The van der Waals surface area contributed by atoms with E-state index in [0.29, 0.717) is 5.41 Å². The van der Waals surface area contributed by atoms with Crippen LogP contribution in [0, 0.1) is 5.41 Å². The van der Waals surface area contributed by atoms with Crippen LogP contribution in [0.5, 0.6) is 0 Å². The number of rotatable bonds is 4. The molecule has 3 heteroatoms. The van der Waals surface area contributed by atoms with Gasteiger partial charge >= 0.3 is 0 Å². The van der Waals surface area contributed by atoms with Crippen LogP contribution in [0.15, 0.2) is 4.99 Å². The van der Waals surface area contributed by atoms with Gasteiger partial charge in [0.1, 0.15) is 0 Å². The Bertz CT molecular complexity index is 234. The lowest BCUT2D eigenvalue weighted by Gasteiger charge is -2.27. The summed E-state index contributed by atoms with van der Waals surface area (Å²) in [4.78, 5) is 6.72. The van der Waals surface area contributed by atoms with Crippen molar-refractivity contribution in [1.29, 1.82) is 0 Å². The number of hydrogen-bond acceptors (Lipinski definition) is 1. The van der Waals surface area contributed by atoms with Crippen molar-refractivity contribution in [3.05, 3.63) is 0 Å². The van der Waals surface area contributed by atoms with E-state index < -0.39 is 0 Å². The quantitative estimate of drug-likeness (QED) is 0.465. The van der Waals surface area contributed by atoms with E-state index in [1.54, 1.807) is 0 Å². The Morgan fingerprint density at radius 2 is 1.76 bits per heavy atom. The summed E-state index contributed by atoms with van der Waals surface area (Å²) in [6, 6.07) is 0. The summed E-state index contributed by atoms with van der Waals surface area (Å²) in [7, 11) is 0. The molecule has 1 aliphatic rings. The third kappa shape index (κ3) is 6.54. The SMILES string of the molecule is CC(C)(C)CCCCN=C(N)N1CCCCC1. The molecule has 1 saturated heterocycles. The number of unbranched alkanes of at least 4 members (excludes halogenated alkanes) is 1. The highest BCUT2D eigenvalue weighted by Gasteiger charge is 2.11. The lowest BCUT2D eigenvalue weighted by atomic mass is 9.90. The van der Waals surface area contributed by atoms with Gasteiger partial charge in [-0.15, -0.1) is 0 Å². The fourth-order valence-electron chi connectivity index (χ4n) is 2.18. The van der Waals surface area contributed by atoms with Crippen molar-refractivity contribution in [2.75, 3.05) is 19.6 Å². The first kappa shape index (κ1) is 14.3. The number of likely N-dealkylation sites (tertiary alicyclic amines) is 1. The summed E-state index contributed by atoms with van der Waals surface area (Å²) in [5, 5.41) is 0. The van der Waals surface area contributed by atoms with E-state index in [1.165, 1.54) is 32.1 Å². The van der Waals surface area contributed by atoms with Crippen molar-refractivity contribution >= 4 is 5.96 Å². The number of nitrogens with two attached hydrogens (primary N) is 1. The van der Waals surface area contributed by atoms with E-state index in [-0.39, 0.29) is 0 Å². The zero-order chi connectivity index (χ0) is 12.7. The van der Waals surface area contributed by atoms with Gasteiger partial charge in [0.15, 0.2) is 5.96 Å². The van der Waals surface area contributed by atoms with Gasteiger partial charge < -0.3 is 10.6 Å². The van der Waals surface area contributed by atoms with Crippen LogP contribution < -0.4 is 5.73 Å². The minimum Gasteiger partial charge on any atom is -0.370 e. The molecule has 100 valence electrons. The van der Waals surface area contributed by atoms with Gasteiger partial charge in [-0.3, -0.25) is 4.99 Å². The van der Waals surface area contributed by atoms with E-state index in [4.69, 9.17) is 5.73 Å². The number of hydrogen-bond donors (Lipinski definition) is 1. The highest BCUT2D eigenvalue weighted by atomic mass is 15.2. The van der Waals surface area contributed by atoms with E-state index in [0.717, 1.165) is 32.0 Å². The molecule has 1 rings (SSSR count). The van der Waals surface area contributed by atoms with Gasteiger partial charge in [-0.05, 0) is 37.5 Å². The normalized spacial score (nSPS) is 18.5. The molecule has 0 aromatic heterocycles. The van der Waals surface area contributed by atoms with Gasteiger partial charge in [-0.25, -0.2) is 0 Å². The molecule has 0 saturated carbocycles. The Labute approximate surface area is 106 Å². The average molecular weight is 239 g/mol. The van der Waals surface area contributed by atoms with Gasteiger partial charge in [0.05, 0.1) is 0 Å². The monoisotopic (exact) mass is 239 g/mol. The molecule has 0 unspecified atom stereocenters. The molecule has 3 nitrogen and oxygen atoms in total. The lowest BCUT2D eigenvalue weighted by Crippen LogP contribution is -2.40. The maximum absolute atomic E-state index is 5.99. The van der Waals surface area contributed by atoms with Gasteiger partial charge in [0, 0.05) is 19.6 Å². The Kier molecular flexibility index (Phi) is 5.79. The maximum Gasteiger partial charge on any atom is 0.191 e. The molecule has 2 N–H and O–H groups in total. The van der Waals surface area contributed by atoms with Gasteiger partial charge in [0.2, 0.25) is 0 Å². The summed E-state index contributed by atoms with van der Waals surface area (Å²) >= 11 is 0. The third-order valence-electron chi connectivity index (χ3n) is 3.29. The molecule has 0 atom stereocenters. The molecule has 0 radical (unpaired) electrons. The number of guanidine groups is 1. The molecule has 0 aromatic rings. The van der Waals surface area contributed by atoms with Crippen molar-refractivity contribution < 1.29 is 0 Å². The minimum absolute atomic E-state index is 0.447. The van der Waals surface area contributed by atoms with E-state index in [9.17, 15) is 0 Å². The van der Waals surface area contributed by atoms with Crippen LogP contribution in [-0.4, -0.2) is 30.5 Å². The number of aliphatic imine (C=N–C) groups is 1. The topological polar surface area (TPSA) is 41.6 Å². The van der Waals surface area contributed by atoms with Crippen LogP contribution in [0.3, 0.4) is 0 Å². The van der Waals surface area contributed by atoms with Crippen LogP contribution in [0.25, 0.3) is 0 Å². The van der Waals surface area contributed by atoms with Crippen molar-refractivity contribution in [2.24, 2.45) is 16.1 Å². The van der Waals surface area contributed by atoms with Crippen LogP contribution in [-0.2, 0) is 0 Å². The first-order valence-electron chi connectivity index (χ1n) is 7.04. The third-order valence-corrected chi connectivity index (χ3v) is 3.29. The van der Waals surface area contributed by atoms with E-state index in [1.807, 2.05) is 0 Å². The Balaban J connectivity index is 2.14. The summed E-state index contributed by atoms with van der Waals surface area (Å²) < 4.78 is 0. The second-order valence-electron chi connectivity index (χ2n) is 6.31. The zero-order valence-corrected chi connectivity index (χ0v) is 11.8. The van der Waals surface area contributed by atoms with Crippen molar-refractivity contribution in [3.63, 3.8) is 0 Å². The highest BCUT2D eigenvalue weighted by Crippen LogP contribution is 2.21. The summed E-state index contributed by atoms with van der Waals surface area (Å²) in [6.45, 7) is 9.95.